The molecule has 150 valence electrons. The van der Waals surface area contributed by atoms with Crippen LogP contribution in [0.3, 0.4) is 0 Å². The first kappa shape index (κ1) is 19.9. The predicted molar refractivity (Wildman–Crippen MR) is 105 cm³/mol. The minimum Gasteiger partial charge on any atom is -0.326 e. The Labute approximate surface area is 164 Å². The van der Waals surface area contributed by atoms with Gasteiger partial charge in [0.1, 0.15) is 12.1 Å². The highest BCUT2D eigenvalue weighted by molar-refractivity contribution is 6.10. The van der Waals surface area contributed by atoms with Crippen molar-refractivity contribution in [2.75, 3.05) is 17.2 Å². The number of carbonyl (C=O) groups excluding carboxylic acids is 4. The third kappa shape index (κ3) is 3.85. The van der Waals surface area contributed by atoms with Gasteiger partial charge in [-0.3, -0.25) is 19.3 Å². The van der Waals surface area contributed by atoms with E-state index in [1.165, 1.54) is 0 Å². The van der Waals surface area contributed by atoms with E-state index < -0.39 is 17.5 Å². The highest BCUT2D eigenvalue weighted by Gasteiger charge is 2.55. The molecule has 1 aromatic carbocycles. The summed E-state index contributed by atoms with van der Waals surface area (Å²) in [5.41, 5.74) is 0.168. The number of urea groups is 1. The molecule has 28 heavy (non-hydrogen) atoms. The number of imide groups is 1. The summed E-state index contributed by atoms with van der Waals surface area (Å²) in [6, 6.07) is 6.21. The third-order valence-electron chi connectivity index (χ3n) is 5.55. The Hall–Kier alpha value is -2.90. The third-order valence-corrected chi connectivity index (χ3v) is 5.55. The molecule has 8 heteroatoms. The van der Waals surface area contributed by atoms with Crippen molar-refractivity contribution in [3.63, 3.8) is 0 Å². The molecule has 0 radical (unpaired) electrons. The number of hydrogen-bond donors (Lipinski definition) is 3. The first-order chi connectivity index (χ1) is 13.4. The van der Waals surface area contributed by atoms with Crippen LogP contribution in [0, 0.1) is 5.92 Å². The van der Waals surface area contributed by atoms with E-state index in [0.29, 0.717) is 24.2 Å². The Balaban J connectivity index is 1.65. The lowest BCUT2D eigenvalue weighted by atomic mass is 9.73. The van der Waals surface area contributed by atoms with Crippen molar-refractivity contribution in [2.45, 2.75) is 51.5 Å². The van der Waals surface area contributed by atoms with Crippen LogP contribution in [0.5, 0.6) is 0 Å². The van der Waals surface area contributed by atoms with Crippen LogP contribution in [0.1, 0.15) is 46.0 Å². The number of hydrogen-bond acceptors (Lipinski definition) is 4. The van der Waals surface area contributed by atoms with E-state index in [1.807, 2.05) is 6.92 Å². The Bertz CT molecular complexity index is 809. The molecule has 5 amide bonds. The molecule has 3 N–H and O–H groups in total. The van der Waals surface area contributed by atoms with Crippen LogP contribution in [-0.4, -0.2) is 40.7 Å². The summed E-state index contributed by atoms with van der Waals surface area (Å²) in [5.74, 6) is -0.869. The van der Waals surface area contributed by atoms with E-state index in [1.54, 1.807) is 31.2 Å². The van der Waals surface area contributed by atoms with Gasteiger partial charge in [0.2, 0.25) is 11.8 Å². The average molecular weight is 386 g/mol. The van der Waals surface area contributed by atoms with Crippen molar-refractivity contribution in [1.29, 1.82) is 0 Å². The second kappa shape index (κ2) is 8.00. The van der Waals surface area contributed by atoms with Gasteiger partial charge in [0.15, 0.2) is 0 Å². The molecule has 2 atom stereocenters. The van der Waals surface area contributed by atoms with Gasteiger partial charge in [-0.25, -0.2) is 4.79 Å². The molecule has 1 heterocycles. The zero-order valence-electron chi connectivity index (χ0n) is 16.2. The van der Waals surface area contributed by atoms with Crippen LogP contribution in [0.25, 0.3) is 0 Å². The molecule has 8 nitrogen and oxygen atoms in total. The Kier molecular flexibility index (Phi) is 5.67. The fraction of sp³-hybridized carbons (Fsp3) is 0.500. The minimum absolute atomic E-state index is 0.0459. The summed E-state index contributed by atoms with van der Waals surface area (Å²) in [4.78, 5) is 50.2. The zero-order valence-corrected chi connectivity index (χ0v) is 16.2. The molecule has 1 saturated heterocycles. The van der Waals surface area contributed by atoms with Crippen molar-refractivity contribution in [1.82, 2.24) is 10.2 Å². The first-order valence-electron chi connectivity index (χ1n) is 9.69. The van der Waals surface area contributed by atoms with Gasteiger partial charge in [0.05, 0.1) is 0 Å². The van der Waals surface area contributed by atoms with Crippen LogP contribution < -0.4 is 16.0 Å². The molecule has 3 rings (SSSR count). The number of carbonyl (C=O) groups is 4. The van der Waals surface area contributed by atoms with E-state index in [2.05, 4.69) is 16.0 Å². The van der Waals surface area contributed by atoms with Gasteiger partial charge < -0.3 is 16.0 Å². The number of amides is 5. The van der Waals surface area contributed by atoms with E-state index >= 15 is 0 Å². The van der Waals surface area contributed by atoms with Crippen molar-refractivity contribution >= 4 is 35.1 Å². The first-order valence-corrected chi connectivity index (χ1v) is 9.69. The maximum Gasteiger partial charge on any atom is 0.325 e. The largest absolute Gasteiger partial charge is 0.326 e. The van der Waals surface area contributed by atoms with Crippen LogP contribution in [0.4, 0.5) is 16.2 Å². The monoisotopic (exact) mass is 386 g/mol. The summed E-state index contributed by atoms with van der Waals surface area (Å²) < 4.78 is 0. The predicted octanol–water partition coefficient (Wildman–Crippen LogP) is 2.47. The maximum absolute atomic E-state index is 12.9. The highest BCUT2D eigenvalue weighted by atomic mass is 16.2. The van der Waals surface area contributed by atoms with Crippen molar-refractivity contribution in [2.24, 2.45) is 5.92 Å². The fourth-order valence-corrected chi connectivity index (χ4v) is 3.91. The molecule has 1 aliphatic heterocycles. The molecule has 1 spiro atoms. The average Bonchev–Trinajstić information content (AvgIpc) is 2.89. The lowest BCUT2D eigenvalue weighted by Gasteiger charge is -2.36. The molecule has 0 bridgehead atoms. The normalized spacial score (nSPS) is 24.2. The molecule has 1 aromatic rings. The molecule has 1 aliphatic carbocycles. The molecule has 1 saturated carbocycles. The van der Waals surface area contributed by atoms with Crippen LogP contribution in [0.2, 0.25) is 0 Å². The lowest BCUT2D eigenvalue weighted by Crippen LogP contribution is -2.54. The molecule has 0 aromatic heterocycles. The van der Waals surface area contributed by atoms with Crippen molar-refractivity contribution in [3.05, 3.63) is 24.3 Å². The molecule has 2 unspecified atom stereocenters. The molecular formula is C20H26N4O4. The topological polar surface area (TPSA) is 108 Å². The van der Waals surface area contributed by atoms with Gasteiger partial charge in [-0.05, 0) is 37.0 Å². The standard InChI is InChI=1S/C20H26N4O4/c1-3-16(25)21-14-8-6-9-15(11-14)22-17(26)12-24-18(27)20(23-19(24)28)10-5-4-7-13(20)2/h6,8-9,11,13H,3-5,7,10,12H2,1-2H3,(H,21,25)(H,22,26)(H,23,28). The van der Waals surface area contributed by atoms with E-state index in [9.17, 15) is 19.2 Å². The van der Waals surface area contributed by atoms with Gasteiger partial charge in [-0.1, -0.05) is 32.8 Å². The minimum atomic E-state index is -0.875. The summed E-state index contributed by atoms with van der Waals surface area (Å²) in [6.45, 7) is 3.38. The second-order valence-electron chi connectivity index (χ2n) is 7.47. The van der Waals surface area contributed by atoms with Crippen molar-refractivity contribution < 1.29 is 19.2 Å². The maximum atomic E-state index is 12.9. The molecule has 2 fully saturated rings. The van der Waals surface area contributed by atoms with Gasteiger partial charge in [-0.2, -0.15) is 0 Å². The Morgan fingerprint density at radius 3 is 2.50 bits per heavy atom. The highest BCUT2D eigenvalue weighted by Crippen LogP contribution is 2.38. The number of nitrogens with one attached hydrogen (secondary N) is 3. The SMILES string of the molecule is CCC(=O)Nc1cccc(NC(=O)CN2C(=O)NC3(CCCCC3C)C2=O)c1. The lowest BCUT2D eigenvalue weighted by molar-refractivity contribution is -0.136. The molecule has 2 aliphatic rings. The number of rotatable bonds is 5. The second-order valence-corrected chi connectivity index (χ2v) is 7.47. The van der Waals surface area contributed by atoms with Gasteiger partial charge in [0.25, 0.3) is 5.91 Å². The summed E-state index contributed by atoms with van der Waals surface area (Å²) >= 11 is 0. The number of anilines is 2. The zero-order chi connectivity index (χ0) is 20.3. The smallest absolute Gasteiger partial charge is 0.325 e. The number of nitrogens with zero attached hydrogens (tertiary/aromatic N) is 1. The quantitative estimate of drug-likeness (QED) is 0.676. The van der Waals surface area contributed by atoms with Crippen molar-refractivity contribution in [3.8, 4) is 0 Å². The Morgan fingerprint density at radius 1 is 1.18 bits per heavy atom. The van der Waals surface area contributed by atoms with E-state index in [0.717, 1.165) is 24.2 Å². The summed E-state index contributed by atoms with van der Waals surface area (Å²) in [5, 5.41) is 8.23. The Morgan fingerprint density at radius 2 is 1.86 bits per heavy atom. The van der Waals surface area contributed by atoms with Crippen LogP contribution >= 0.6 is 0 Å². The van der Waals surface area contributed by atoms with Gasteiger partial charge in [0, 0.05) is 17.8 Å². The molecular weight excluding hydrogens is 360 g/mol. The van der Waals surface area contributed by atoms with Crippen LogP contribution in [-0.2, 0) is 14.4 Å². The number of benzene rings is 1. The van der Waals surface area contributed by atoms with Crippen LogP contribution in [0.15, 0.2) is 24.3 Å². The fourth-order valence-electron chi connectivity index (χ4n) is 3.91. The summed E-state index contributed by atoms with van der Waals surface area (Å²) in [6.07, 6.45) is 3.76. The van der Waals surface area contributed by atoms with E-state index in [4.69, 9.17) is 0 Å². The van der Waals surface area contributed by atoms with Gasteiger partial charge in [-0.15, -0.1) is 0 Å². The summed E-state index contributed by atoms with van der Waals surface area (Å²) in [7, 11) is 0. The van der Waals surface area contributed by atoms with E-state index in [-0.39, 0.29) is 24.3 Å². The van der Waals surface area contributed by atoms with Gasteiger partial charge >= 0.3 is 6.03 Å².